The first kappa shape index (κ1) is 13.2. The first-order valence-electron chi connectivity index (χ1n) is 7.10. The van der Waals surface area contributed by atoms with E-state index in [0.29, 0.717) is 16.1 Å². The Labute approximate surface area is 118 Å². The van der Waals surface area contributed by atoms with E-state index in [1.54, 1.807) is 6.07 Å². The second-order valence-corrected chi connectivity index (χ2v) is 7.38. The molecule has 0 amide bonds. The fraction of sp³-hybridized carbons (Fsp3) is 0.562. The van der Waals surface area contributed by atoms with Crippen LogP contribution in [0.5, 0.6) is 0 Å². The van der Waals surface area contributed by atoms with Gasteiger partial charge in [-0.2, -0.15) is 11.8 Å². The van der Waals surface area contributed by atoms with E-state index in [2.05, 4.69) is 11.8 Å². The first-order chi connectivity index (χ1) is 9.15. The van der Waals surface area contributed by atoms with Crippen LogP contribution in [0.15, 0.2) is 18.2 Å². The van der Waals surface area contributed by atoms with E-state index in [9.17, 15) is 9.18 Å². The molecule has 1 aromatic rings. The number of aryl methyl sites for hydroxylation is 1. The van der Waals surface area contributed by atoms with Crippen molar-refractivity contribution in [1.29, 1.82) is 0 Å². The molecule has 2 saturated heterocycles. The minimum absolute atomic E-state index is 0.0344. The lowest BCUT2D eigenvalue weighted by molar-refractivity contribution is 0.0892. The molecule has 1 nitrogen and oxygen atoms in total. The van der Waals surface area contributed by atoms with Crippen molar-refractivity contribution in [3.63, 3.8) is 0 Å². The van der Waals surface area contributed by atoms with Gasteiger partial charge in [0.15, 0.2) is 5.78 Å². The molecular weight excluding hydrogens is 259 g/mol. The Balaban J connectivity index is 1.84. The zero-order valence-corrected chi connectivity index (χ0v) is 12.0. The molecule has 1 aromatic carbocycles. The van der Waals surface area contributed by atoms with Gasteiger partial charge in [-0.1, -0.05) is 18.6 Å². The second-order valence-electron chi connectivity index (χ2n) is 5.78. The van der Waals surface area contributed by atoms with Crippen molar-refractivity contribution < 1.29 is 9.18 Å². The van der Waals surface area contributed by atoms with E-state index in [1.807, 2.05) is 13.0 Å². The minimum atomic E-state index is -0.353. The highest BCUT2D eigenvalue weighted by molar-refractivity contribution is 8.00. The van der Waals surface area contributed by atoms with Crippen molar-refractivity contribution in [2.75, 3.05) is 0 Å². The van der Waals surface area contributed by atoms with E-state index in [4.69, 9.17) is 0 Å². The second kappa shape index (κ2) is 5.28. The fourth-order valence-electron chi connectivity index (χ4n) is 3.42. The summed E-state index contributed by atoms with van der Waals surface area (Å²) in [7, 11) is 0. The number of thioether (sulfide) groups is 1. The summed E-state index contributed by atoms with van der Waals surface area (Å²) < 4.78 is 13.9. The monoisotopic (exact) mass is 278 g/mol. The summed E-state index contributed by atoms with van der Waals surface area (Å²) in [4.78, 5) is 12.6. The van der Waals surface area contributed by atoms with Gasteiger partial charge in [-0.25, -0.2) is 4.39 Å². The molecule has 0 radical (unpaired) electrons. The van der Waals surface area contributed by atoms with Crippen LogP contribution in [0.1, 0.15) is 48.0 Å². The fourth-order valence-corrected chi connectivity index (χ4v) is 5.26. The molecule has 2 bridgehead atoms. The molecule has 0 N–H and O–H groups in total. The van der Waals surface area contributed by atoms with Crippen molar-refractivity contribution in [3.05, 3.63) is 35.1 Å². The van der Waals surface area contributed by atoms with Crippen LogP contribution in [-0.4, -0.2) is 16.3 Å². The lowest BCUT2D eigenvalue weighted by Gasteiger charge is -2.38. The molecule has 0 saturated carbocycles. The van der Waals surface area contributed by atoms with Crippen LogP contribution >= 0.6 is 11.8 Å². The lowest BCUT2D eigenvalue weighted by Crippen LogP contribution is -2.33. The Morgan fingerprint density at radius 1 is 1.26 bits per heavy atom. The highest BCUT2D eigenvalue weighted by Crippen LogP contribution is 2.44. The summed E-state index contributed by atoms with van der Waals surface area (Å²) in [5.41, 5.74) is 1.10. The quantitative estimate of drug-likeness (QED) is 0.747. The topological polar surface area (TPSA) is 17.1 Å². The number of carbonyl (C=O) groups excluding carboxylic acids is 1. The SMILES string of the molecule is Cc1cccc(F)c1C(=O)C1CC2CCCC(C1)S2. The lowest BCUT2D eigenvalue weighted by atomic mass is 9.83. The van der Waals surface area contributed by atoms with Crippen molar-refractivity contribution in [3.8, 4) is 0 Å². The third kappa shape index (κ3) is 2.58. The Hall–Kier alpha value is -0.830. The van der Waals surface area contributed by atoms with Gasteiger partial charge < -0.3 is 0 Å². The smallest absolute Gasteiger partial charge is 0.169 e. The zero-order valence-electron chi connectivity index (χ0n) is 11.2. The van der Waals surface area contributed by atoms with Gasteiger partial charge in [-0.3, -0.25) is 4.79 Å². The van der Waals surface area contributed by atoms with Crippen LogP contribution in [0, 0.1) is 18.7 Å². The maximum Gasteiger partial charge on any atom is 0.169 e. The standard InChI is InChI=1S/C16H19FOS/c1-10-4-2-7-14(17)15(10)16(18)11-8-12-5-3-6-13(9-11)19-12/h2,4,7,11-13H,3,5-6,8-9H2,1H3. The number of fused-ring (bicyclic) bond motifs is 2. The highest BCUT2D eigenvalue weighted by Gasteiger charge is 2.36. The minimum Gasteiger partial charge on any atom is -0.294 e. The molecule has 2 fully saturated rings. The van der Waals surface area contributed by atoms with E-state index in [0.717, 1.165) is 18.4 Å². The van der Waals surface area contributed by atoms with Gasteiger partial charge in [-0.15, -0.1) is 0 Å². The number of benzene rings is 1. The van der Waals surface area contributed by atoms with Gasteiger partial charge in [0, 0.05) is 16.4 Å². The summed E-state index contributed by atoms with van der Waals surface area (Å²) >= 11 is 2.05. The van der Waals surface area contributed by atoms with Gasteiger partial charge >= 0.3 is 0 Å². The largest absolute Gasteiger partial charge is 0.294 e. The first-order valence-corrected chi connectivity index (χ1v) is 8.04. The third-order valence-electron chi connectivity index (χ3n) is 4.37. The molecular formula is C16H19FOS. The summed E-state index contributed by atoms with van der Waals surface area (Å²) in [6.45, 7) is 1.83. The number of ketones is 1. The third-order valence-corrected chi connectivity index (χ3v) is 6.00. The molecule has 19 heavy (non-hydrogen) atoms. The Kier molecular flexibility index (Phi) is 3.66. The van der Waals surface area contributed by atoms with E-state index >= 15 is 0 Å². The van der Waals surface area contributed by atoms with Gasteiger partial charge in [-0.05, 0) is 44.2 Å². The van der Waals surface area contributed by atoms with E-state index in [-0.39, 0.29) is 17.5 Å². The molecule has 3 heteroatoms. The maximum absolute atomic E-state index is 13.9. The maximum atomic E-state index is 13.9. The molecule has 3 rings (SSSR count). The molecule has 102 valence electrons. The molecule has 2 aliphatic heterocycles. The van der Waals surface area contributed by atoms with Crippen LogP contribution in [0.3, 0.4) is 0 Å². The van der Waals surface area contributed by atoms with Crippen molar-refractivity contribution in [2.24, 2.45) is 5.92 Å². The molecule has 2 unspecified atom stereocenters. The summed E-state index contributed by atoms with van der Waals surface area (Å²) in [5.74, 6) is -0.284. The highest BCUT2D eigenvalue weighted by atomic mass is 32.2. The molecule has 2 heterocycles. The van der Waals surface area contributed by atoms with Crippen LogP contribution in [-0.2, 0) is 0 Å². The predicted molar refractivity (Wildman–Crippen MR) is 77.2 cm³/mol. The average molecular weight is 278 g/mol. The number of hydrogen-bond donors (Lipinski definition) is 0. The van der Waals surface area contributed by atoms with Gasteiger partial charge in [0.1, 0.15) is 5.82 Å². The van der Waals surface area contributed by atoms with Crippen LogP contribution in [0.2, 0.25) is 0 Å². The van der Waals surface area contributed by atoms with Crippen molar-refractivity contribution in [1.82, 2.24) is 0 Å². The number of Topliss-reactive ketones (excluding diaryl/α,β-unsaturated/α-hetero) is 1. The molecule has 2 atom stereocenters. The molecule has 0 spiro atoms. The summed E-state index contributed by atoms with van der Waals surface area (Å²) in [5, 5.41) is 1.24. The van der Waals surface area contributed by atoms with Gasteiger partial charge in [0.05, 0.1) is 5.56 Å². The number of halogens is 1. The van der Waals surface area contributed by atoms with E-state index < -0.39 is 0 Å². The van der Waals surface area contributed by atoms with Crippen LogP contribution < -0.4 is 0 Å². The molecule has 2 aliphatic rings. The Bertz CT molecular complexity index is 467. The van der Waals surface area contributed by atoms with Gasteiger partial charge in [0.25, 0.3) is 0 Å². The van der Waals surface area contributed by atoms with Crippen LogP contribution in [0.4, 0.5) is 4.39 Å². The van der Waals surface area contributed by atoms with E-state index in [1.165, 1.54) is 25.3 Å². The average Bonchev–Trinajstić information content (AvgIpc) is 2.37. The number of carbonyl (C=O) groups is 1. The summed E-state index contributed by atoms with van der Waals surface area (Å²) in [6, 6.07) is 4.90. The van der Waals surface area contributed by atoms with Crippen molar-refractivity contribution >= 4 is 17.5 Å². The van der Waals surface area contributed by atoms with Crippen molar-refractivity contribution in [2.45, 2.75) is 49.5 Å². The molecule has 0 aliphatic carbocycles. The zero-order chi connectivity index (χ0) is 13.4. The normalized spacial score (nSPS) is 30.1. The summed E-state index contributed by atoms with van der Waals surface area (Å²) in [6.07, 6.45) is 5.62. The number of rotatable bonds is 2. The van der Waals surface area contributed by atoms with Crippen LogP contribution in [0.25, 0.3) is 0 Å². The molecule has 0 aromatic heterocycles. The number of hydrogen-bond acceptors (Lipinski definition) is 2. The Morgan fingerprint density at radius 2 is 1.95 bits per heavy atom. The Morgan fingerprint density at radius 3 is 2.58 bits per heavy atom. The van der Waals surface area contributed by atoms with Gasteiger partial charge in [0.2, 0.25) is 0 Å². The predicted octanol–water partition coefficient (Wildman–Crippen LogP) is 4.38.